The highest BCUT2D eigenvalue weighted by atomic mass is 16.3. The second kappa shape index (κ2) is 10.9. The maximum atomic E-state index is 9.57. The Balaban J connectivity index is 1.38. The summed E-state index contributed by atoms with van der Waals surface area (Å²) in [7, 11) is 0. The standard InChI is InChI=1S/C50H30O/c1-2-14-33-28-35(25-24-31(33)12-1)47-39-18-7-9-20-41(39)48(42-21-10-8-19-40(42)47)36-29-34-15-4-5-16-37(34)44(30-36)43-22-11-23-45-50(43)49-38-17-6-3-13-32(38)26-27-46(49)51-45/h1-30H/i1D,2D,7D,8D,9D,10D,12D,14D,18D,19D,20D,21D,24D,25D,28D. The maximum absolute atomic E-state index is 9.57. The van der Waals surface area contributed by atoms with Crippen molar-refractivity contribution in [2.24, 2.45) is 0 Å². The van der Waals surface area contributed by atoms with E-state index in [1.54, 1.807) is 6.07 Å². The van der Waals surface area contributed by atoms with Crippen LogP contribution in [0.2, 0.25) is 0 Å². The van der Waals surface area contributed by atoms with E-state index in [4.69, 9.17) is 16.8 Å². The van der Waals surface area contributed by atoms with Crippen molar-refractivity contribution in [2.45, 2.75) is 0 Å². The van der Waals surface area contributed by atoms with Gasteiger partial charge in [-0.15, -0.1) is 0 Å². The third kappa shape index (κ3) is 4.22. The lowest BCUT2D eigenvalue weighted by Gasteiger charge is -2.19. The molecular formula is C50H30O. The molecular weight excluding hydrogens is 617 g/mol. The molecule has 0 radical (unpaired) electrons. The van der Waals surface area contributed by atoms with Crippen molar-refractivity contribution in [1.29, 1.82) is 0 Å². The van der Waals surface area contributed by atoms with Crippen LogP contribution in [-0.2, 0) is 0 Å². The van der Waals surface area contributed by atoms with E-state index in [1.165, 1.54) is 0 Å². The molecule has 0 aliphatic heterocycles. The van der Waals surface area contributed by atoms with Crippen LogP contribution >= 0.6 is 0 Å². The fourth-order valence-electron chi connectivity index (χ4n) is 7.56. The van der Waals surface area contributed by atoms with Crippen LogP contribution in [0.4, 0.5) is 0 Å². The predicted molar refractivity (Wildman–Crippen MR) is 218 cm³/mol. The Morgan fingerprint density at radius 3 is 1.76 bits per heavy atom. The summed E-state index contributed by atoms with van der Waals surface area (Å²) < 4.78 is 143. The second-order valence-corrected chi connectivity index (χ2v) is 12.4. The van der Waals surface area contributed by atoms with Gasteiger partial charge in [-0.3, -0.25) is 0 Å². The molecule has 0 bridgehead atoms. The van der Waals surface area contributed by atoms with Gasteiger partial charge in [0.15, 0.2) is 0 Å². The lowest BCUT2D eigenvalue weighted by Crippen LogP contribution is -1.92. The Morgan fingerprint density at radius 2 is 1.00 bits per heavy atom. The summed E-state index contributed by atoms with van der Waals surface area (Å²) in [5, 5.41) is 3.31. The molecule has 0 saturated carbocycles. The Labute approximate surface area is 315 Å². The highest BCUT2D eigenvalue weighted by Crippen LogP contribution is 2.47. The molecule has 0 spiro atoms. The first-order valence-electron chi connectivity index (χ1n) is 23.9. The first-order valence-corrected chi connectivity index (χ1v) is 16.4. The molecule has 1 nitrogen and oxygen atoms in total. The molecule has 1 heterocycles. The first-order chi connectivity index (χ1) is 31.5. The highest BCUT2D eigenvalue weighted by Gasteiger charge is 2.20. The molecule has 11 rings (SSSR count). The van der Waals surface area contributed by atoms with Gasteiger partial charge in [-0.1, -0.05) is 151 Å². The van der Waals surface area contributed by atoms with Gasteiger partial charge in [0.2, 0.25) is 0 Å². The summed E-state index contributed by atoms with van der Waals surface area (Å²) in [4.78, 5) is 0. The zero-order valence-electron chi connectivity index (χ0n) is 41.6. The lowest BCUT2D eigenvalue weighted by atomic mass is 9.84. The van der Waals surface area contributed by atoms with E-state index in [0.29, 0.717) is 27.7 Å². The Morgan fingerprint density at radius 1 is 0.373 bits per heavy atom. The minimum Gasteiger partial charge on any atom is -0.456 e. The van der Waals surface area contributed by atoms with Gasteiger partial charge >= 0.3 is 0 Å². The van der Waals surface area contributed by atoms with Gasteiger partial charge in [0.25, 0.3) is 0 Å². The zero-order valence-corrected chi connectivity index (χ0v) is 26.6. The fraction of sp³-hybridized carbons (Fsp3) is 0. The van der Waals surface area contributed by atoms with Gasteiger partial charge in [0, 0.05) is 10.8 Å². The number of hydrogen-bond donors (Lipinski definition) is 0. The highest BCUT2D eigenvalue weighted by molar-refractivity contribution is 6.25. The molecule has 11 aromatic rings. The molecule has 236 valence electrons. The van der Waals surface area contributed by atoms with Crippen LogP contribution in [0.25, 0.3) is 109 Å². The van der Waals surface area contributed by atoms with Crippen LogP contribution < -0.4 is 0 Å². The Bertz CT molecular complexity index is 3980. The molecule has 0 saturated heterocycles. The van der Waals surface area contributed by atoms with Crippen molar-refractivity contribution in [3.05, 3.63) is 182 Å². The summed E-state index contributed by atoms with van der Waals surface area (Å²) in [6, 6.07) is 18.7. The van der Waals surface area contributed by atoms with Gasteiger partial charge in [0.05, 0.1) is 20.6 Å². The summed E-state index contributed by atoms with van der Waals surface area (Å²) in [5.74, 6) is 0. The summed E-state index contributed by atoms with van der Waals surface area (Å²) in [5.41, 5.74) is 2.19. The van der Waals surface area contributed by atoms with Gasteiger partial charge < -0.3 is 4.42 Å². The van der Waals surface area contributed by atoms with E-state index in [1.807, 2.05) is 84.9 Å². The summed E-state index contributed by atoms with van der Waals surface area (Å²) in [6.07, 6.45) is 0. The van der Waals surface area contributed by atoms with Crippen molar-refractivity contribution in [3.8, 4) is 33.4 Å². The van der Waals surface area contributed by atoms with Crippen molar-refractivity contribution in [1.82, 2.24) is 0 Å². The number of rotatable bonds is 3. The second-order valence-electron chi connectivity index (χ2n) is 12.4. The largest absolute Gasteiger partial charge is 0.456 e. The van der Waals surface area contributed by atoms with Crippen LogP contribution in [0.1, 0.15) is 20.6 Å². The summed E-state index contributed by atoms with van der Waals surface area (Å²) >= 11 is 0. The molecule has 0 unspecified atom stereocenters. The van der Waals surface area contributed by atoms with Crippen molar-refractivity contribution in [3.63, 3.8) is 0 Å². The van der Waals surface area contributed by atoms with Gasteiger partial charge in [0.1, 0.15) is 11.2 Å². The fourth-order valence-corrected chi connectivity index (χ4v) is 7.56. The normalized spacial score (nSPS) is 16.0. The predicted octanol–water partition coefficient (Wildman–Crippen LogP) is 14.4. The van der Waals surface area contributed by atoms with Crippen molar-refractivity contribution in [2.75, 3.05) is 0 Å². The van der Waals surface area contributed by atoms with E-state index >= 15 is 0 Å². The molecule has 10 aromatic carbocycles. The quantitative estimate of drug-likeness (QED) is 0.172. The minimum atomic E-state index is -0.742. The van der Waals surface area contributed by atoms with Gasteiger partial charge in [-0.2, -0.15) is 0 Å². The van der Waals surface area contributed by atoms with E-state index in [-0.39, 0.29) is 32.7 Å². The number of furan rings is 1. The van der Waals surface area contributed by atoms with E-state index in [2.05, 4.69) is 0 Å². The average molecular weight is 662 g/mol. The maximum Gasteiger partial charge on any atom is 0.136 e. The number of fused-ring (bicyclic) bond motifs is 9. The van der Waals surface area contributed by atoms with E-state index < -0.39 is 107 Å². The Hall–Kier alpha value is -6.70. The molecule has 0 aliphatic carbocycles. The smallest absolute Gasteiger partial charge is 0.136 e. The number of hydrogen-bond acceptors (Lipinski definition) is 1. The van der Waals surface area contributed by atoms with Crippen molar-refractivity contribution >= 4 is 75.8 Å². The van der Waals surface area contributed by atoms with Crippen LogP contribution in [0.5, 0.6) is 0 Å². The molecule has 0 aliphatic rings. The zero-order chi connectivity index (χ0) is 46.5. The van der Waals surface area contributed by atoms with Gasteiger partial charge in [-0.05, 0) is 118 Å². The third-order valence-corrected chi connectivity index (χ3v) is 9.70. The topological polar surface area (TPSA) is 13.1 Å². The molecule has 51 heavy (non-hydrogen) atoms. The lowest BCUT2D eigenvalue weighted by molar-refractivity contribution is 0.669. The SMILES string of the molecule is [2H]c1c([2H])c([2H])c2c([2H])c(-c3c4c([2H])c([2H])c([2H])c([2H])c4c(-c4cc(-c5cccc6oc7ccc8ccccc8c7c56)c5ccccc5c4)c4c([2H])c([2H])c([2H])c([2H])c34)c([2H])c([2H])c2c1[2H]. The molecule has 1 aromatic heterocycles. The summed E-state index contributed by atoms with van der Waals surface area (Å²) in [6.45, 7) is 0. The van der Waals surface area contributed by atoms with E-state index in [0.717, 1.165) is 32.5 Å². The van der Waals surface area contributed by atoms with Crippen LogP contribution in [0.15, 0.2) is 186 Å². The molecule has 1 heteroatoms. The molecule has 0 fully saturated rings. The number of benzene rings is 10. The monoisotopic (exact) mass is 661 g/mol. The average Bonchev–Trinajstić information content (AvgIpc) is 3.72. The third-order valence-electron chi connectivity index (χ3n) is 9.70. The van der Waals surface area contributed by atoms with E-state index in [9.17, 15) is 8.22 Å². The minimum absolute atomic E-state index is 0.0243. The van der Waals surface area contributed by atoms with Gasteiger partial charge in [-0.25, -0.2) is 0 Å². The molecule has 0 amide bonds. The first kappa shape index (κ1) is 17.3. The Kier molecular flexibility index (Phi) is 3.70. The van der Waals surface area contributed by atoms with Crippen molar-refractivity contribution < 1.29 is 25.0 Å². The molecule has 0 N–H and O–H groups in total. The van der Waals surface area contributed by atoms with Crippen LogP contribution in [0, 0.1) is 0 Å². The molecule has 0 atom stereocenters. The van der Waals surface area contributed by atoms with Crippen LogP contribution in [-0.4, -0.2) is 0 Å². The van der Waals surface area contributed by atoms with Crippen LogP contribution in [0.3, 0.4) is 0 Å².